The Bertz CT molecular complexity index is 273. The lowest BCUT2D eigenvalue weighted by molar-refractivity contribution is 0.741. The summed E-state index contributed by atoms with van der Waals surface area (Å²) in [5.41, 5.74) is 2.46. The third-order valence-corrected chi connectivity index (χ3v) is 1.91. The third kappa shape index (κ3) is 2.29. The predicted octanol–water partition coefficient (Wildman–Crippen LogP) is 0.607. The van der Waals surface area contributed by atoms with E-state index in [1.165, 1.54) is 0 Å². The van der Waals surface area contributed by atoms with E-state index in [2.05, 4.69) is 29.2 Å². The second-order valence-corrected chi connectivity index (χ2v) is 3.11. The summed E-state index contributed by atoms with van der Waals surface area (Å²) in [5.74, 6) is 6.61. The van der Waals surface area contributed by atoms with Crippen LogP contribution in [-0.4, -0.2) is 23.1 Å². The first-order valence-corrected chi connectivity index (χ1v) is 4.16. The van der Waals surface area contributed by atoms with Gasteiger partial charge in [-0.15, -0.1) is 0 Å². The fourth-order valence-corrected chi connectivity index (χ4v) is 0.860. The molecule has 1 aromatic rings. The molecule has 0 saturated carbocycles. The van der Waals surface area contributed by atoms with Crippen molar-refractivity contribution >= 4 is 11.6 Å². The zero-order valence-corrected chi connectivity index (χ0v) is 8.15. The minimum atomic E-state index is 0.391. The molecule has 0 aliphatic carbocycles. The lowest BCUT2D eigenvalue weighted by Crippen LogP contribution is -2.27. The maximum Gasteiger partial charge on any atom is 0.160 e. The fourth-order valence-electron chi connectivity index (χ4n) is 0.860. The molecule has 0 aromatic carbocycles. The van der Waals surface area contributed by atoms with E-state index in [1.807, 2.05) is 11.9 Å². The van der Waals surface area contributed by atoms with Gasteiger partial charge in [0.2, 0.25) is 0 Å². The minimum absolute atomic E-state index is 0.391. The maximum absolute atomic E-state index is 5.22. The Morgan fingerprint density at radius 2 is 2.15 bits per heavy atom. The normalized spacial score (nSPS) is 10.2. The molecule has 0 radical (unpaired) electrons. The van der Waals surface area contributed by atoms with Gasteiger partial charge in [-0.25, -0.2) is 10.8 Å². The van der Waals surface area contributed by atoms with Crippen LogP contribution in [0.3, 0.4) is 0 Å². The molecule has 1 rings (SSSR count). The summed E-state index contributed by atoms with van der Waals surface area (Å²) >= 11 is 0. The van der Waals surface area contributed by atoms with E-state index in [4.69, 9.17) is 5.84 Å². The fraction of sp³-hybridized carbons (Fsp3) is 0.500. The summed E-state index contributed by atoms with van der Waals surface area (Å²) in [6.45, 7) is 4.18. The van der Waals surface area contributed by atoms with Crippen molar-refractivity contribution in [3.05, 3.63) is 12.4 Å². The Morgan fingerprint density at radius 1 is 1.46 bits per heavy atom. The number of nitrogens with zero attached hydrogens (tertiary/aromatic N) is 3. The molecule has 0 unspecified atom stereocenters. The third-order valence-electron chi connectivity index (χ3n) is 1.91. The van der Waals surface area contributed by atoms with Crippen LogP contribution in [0.2, 0.25) is 0 Å². The van der Waals surface area contributed by atoms with Crippen molar-refractivity contribution in [1.29, 1.82) is 0 Å². The SMILES string of the molecule is CC(C)N(C)c1cncc(NN)n1. The summed E-state index contributed by atoms with van der Waals surface area (Å²) < 4.78 is 0. The Labute approximate surface area is 78.0 Å². The molecule has 0 fully saturated rings. The standard InChI is InChI=1S/C8H15N5/c1-6(2)13(3)8-5-10-4-7(11-8)12-9/h4-6H,9H2,1-3H3,(H,11,12). The molecule has 1 heterocycles. The average molecular weight is 181 g/mol. The highest BCUT2D eigenvalue weighted by Crippen LogP contribution is 2.11. The van der Waals surface area contributed by atoms with Gasteiger partial charge in [0.05, 0.1) is 12.4 Å². The Kier molecular flexibility index (Phi) is 3.02. The summed E-state index contributed by atoms with van der Waals surface area (Å²) in [5, 5.41) is 0. The second-order valence-electron chi connectivity index (χ2n) is 3.11. The number of hydrazine groups is 1. The van der Waals surface area contributed by atoms with Crippen LogP contribution in [0.15, 0.2) is 12.4 Å². The summed E-state index contributed by atoms with van der Waals surface area (Å²) in [6.07, 6.45) is 3.29. The zero-order chi connectivity index (χ0) is 9.84. The first-order valence-electron chi connectivity index (χ1n) is 4.16. The molecule has 0 aliphatic heterocycles. The molecule has 72 valence electrons. The number of hydrogen-bond donors (Lipinski definition) is 2. The van der Waals surface area contributed by atoms with Gasteiger partial charge in [-0.1, -0.05) is 0 Å². The average Bonchev–Trinajstić information content (AvgIpc) is 2.16. The number of nitrogens with one attached hydrogen (secondary N) is 1. The molecule has 1 aromatic heterocycles. The van der Waals surface area contributed by atoms with Gasteiger partial charge in [0.15, 0.2) is 5.82 Å². The number of nitrogens with two attached hydrogens (primary N) is 1. The quantitative estimate of drug-likeness (QED) is 0.528. The molecule has 0 saturated heterocycles. The van der Waals surface area contributed by atoms with E-state index in [0.29, 0.717) is 11.9 Å². The van der Waals surface area contributed by atoms with Crippen LogP contribution < -0.4 is 16.2 Å². The predicted molar refractivity (Wildman–Crippen MR) is 53.4 cm³/mol. The molecule has 13 heavy (non-hydrogen) atoms. The molecule has 0 aliphatic rings. The first-order chi connectivity index (χ1) is 6.15. The molecule has 0 bridgehead atoms. The Morgan fingerprint density at radius 3 is 2.69 bits per heavy atom. The van der Waals surface area contributed by atoms with Gasteiger partial charge in [-0.05, 0) is 13.8 Å². The van der Waals surface area contributed by atoms with Crippen molar-refractivity contribution in [2.45, 2.75) is 19.9 Å². The van der Waals surface area contributed by atoms with Crippen LogP contribution in [0.4, 0.5) is 11.6 Å². The van der Waals surface area contributed by atoms with Gasteiger partial charge in [-0.2, -0.15) is 0 Å². The molecule has 0 atom stereocenters. The molecule has 3 N–H and O–H groups in total. The van der Waals surface area contributed by atoms with Gasteiger partial charge in [0.1, 0.15) is 5.82 Å². The molecular formula is C8H15N5. The number of nitrogen functional groups attached to an aromatic ring is 1. The van der Waals surface area contributed by atoms with Crippen molar-refractivity contribution in [3.8, 4) is 0 Å². The highest BCUT2D eigenvalue weighted by molar-refractivity contribution is 5.42. The number of rotatable bonds is 3. The summed E-state index contributed by atoms with van der Waals surface area (Å²) in [7, 11) is 1.97. The minimum Gasteiger partial charge on any atom is -0.356 e. The van der Waals surface area contributed by atoms with Gasteiger partial charge in [0.25, 0.3) is 0 Å². The van der Waals surface area contributed by atoms with Crippen LogP contribution in [0.25, 0.3) is 0 Å². The smallest absolute Gasteiger partial charge is 0.160 e. The van der Waals surface area contributed by atoms with Crippen molar-refractivity contribution < 1.29 is 0 Å². The van der Waals surface area contributed by atoms with Crippen LogP contribution in [0, 0.1) is 0 Å². The van der Waals surface area contributed by atoms with E-state index in [0.717, 1.165) is 5.82 Å². The first kappa shape index (κ1) is 9.73. The second kappa shape index (κ2) is 4.04. The Hall–Kier alpha value is -1.36. The van der Waals surface area contributed by atoms with Gasteiger partial charge in [-0.3, -0.25) is 4.98 Å². The van der Waals surface area contributed by atoms with E-state index in [9.17, 15) is 0 Å². The van der Waals surface area contributed by atoms with E-state index in [-0.39, 0.29) is 0 Å². The zero-order valence-electron chi connectivity index (χ0n) is 8.15. The lowest BCUT2D eigenvalue weighted by atomic mass is 10.3. The summed E-state index contributed by atoms with van der Waals surface area (Å²) in [4.78, 5) is 10.3. The number of hydrogen-bond acceptors (Lipinski definition) is 5. The van der Waals surface area contributed by atoms with Crippen molar-refractivity contribution in [2.75, 3.05) is 17.4 Å². The molecule has 0 spiro atoms. The van der Waals surface area contributed by atoms with Crippen LogP contribution in [-0.2, 0) is 0 Å². The highest BCUT2D eigenvalue weighted by Gasteiger charge is 2.06. The molecule has 5 heteroatoms. The van der Waals surface area contributed by atoms with Crippen LogP contribution >= 0.6 is 0 Å². The highest BCUT2D eigenvalue weighted by atomic mass is 15.3. The van der Waals surface area contributed by atoms with E-state index in [1.54, 1.807) is 12.4 Å². The summed E-state index contributed by atoms with van der Waals surface area (Å²) in [6, 6.07) is 0.391. The van der Waals surface area contributed by atoms with Crippen molar-refractivity contribution in [2.24, 2.45) is 5.84 Å². The Balaban J connectivity index is 2.88. The van der Waals surface area contributed by atoms with Crippen molar-refractivity contribution in [1.82, 2.24) is 9.97 Å². The van der Waals surface area contributed by atoms with Gasteiger partial charge >= 0.3 is 0 Å². The van der Waals surface area contributed by atoms with E-state index < -0.39 is 0 Å². The molecular weight excluding hydrogens is 166 g/mol. The molecule has 5 nitrogen and oxygen atoms in total. The lowest BCUT2D eigenvalue weighted by Gasteiger charge is -2.22. The largest absolute Gasteiger partial charge is 0.356 e. The van der Waals surface area contributed by atoms with Gasteiger partial charge in [0, 0.05) is 13.1 Å². The topological polar surface area (TPSA) is 67.1 Å². The number of aromatic nitrogens is 2. The van der Waals surface area contributed by atoms with Gasteiger partial charge < -0.3 is 10.3 Å². The van der Waals surface area contributed by atoms with Crippen LogP contribution in [0.1, 0.15) is 13.8 Å². The van der Waals surface area contributed by atoms with E-state index >= 15 is 0 Å². The maximum atomic E-state index is 5.22. The number of anilines is 2. The van der Waals surface area contributed by atoms with Crippen LogP contribution in [0.5, 0.6) is 0 Å². The monoisotopic (exact) mass is 181 g/mol. The molecule has 0 amide bonds. The van der Waals surface area contributed by atoms with Crippen molar-refractivity contribution in [3.63, 3.8) is 0 Å².